The minimum atomic E-state index is -0.536. The first kappa shape index (κ1) is 19.8. The number of methoxy groups -OCH3 is 1. The molecule has 134 valence electrons. The topological polar surface area (TPSA) is 96.7 Å². The second kappa shape index (κ2) is 10.5. The molecule has 0 spiro atoms. The van der Waals surface area contributed by atoms with Crippen LogP contribution in [-0.2, 0) is 4.79 Å². The van der Waals surface area contributed by atoms with Gasteiger partial charge in [-0.3, -0.25) is 4.79 Å². The molecule has 4 N–H and O–H groups in total. The highest BCUT2D eigenvalue weighted by Gasteiger charge is 2.15. The standard InChI is InChI=1S/C17H28N4O3/c1-21(2)15(13-7-6-8-14(11-13)24-3)12-20-16(22)9-4-5-10-19-17(18)23/h6-8,11,15H,4-5,9-10,12H2,1-3H3,(H,20,22)(H3,18,19,23)/t15-/m0/s1. The molecule has 0 heterocycles. The predicted molar refractivity (Wildman–Crippen MR) is 93.9 cm³/mol. The Kier molecular flexibility index (Phi) is 8.64. The van der Waals surface area contributed by atoms with Crippen LogP contribution in [0.4, 0.5) is 4.79 Å². The van der Waals surface area contributed by atoms with Gasteiger partial charge in [0.15, 0.2) is 0 Å². The molecule has 1 atom stereocenters. The van der Waals surface area contributed by atoms with E-state index in [9.17, 15) is 9.59 Å². The zero-order chi connectivity index (χ0) is 17.9. The van der Waals surface area contributed by atoms with E-state index >= 15 is 0 Å². The summed E-state index contributed by atoms with van der Waals surface area (Å²) in [4.78, 5) is 24.6. The number of carbonyl (C=O) groups is 2. The highest BCUT2D eigenvalue weighted by molar-refractivity contribution is 5.75. The highest BCUT2D eigenvalue weighted by Crippen LogP contribution is 2.22. The van der Waals surface area contributed by atoms with Gasteiger partial charge >= 0.3 is 6.03 Å². The molecule has 1 aromatic rings. The van der Waals surface area contributed by atoms with E-state index in [2.05, 4.69) is 15.5 Å². The summed E-state index contributed by atoms with van der Waals surface area (Å²) in [5.74, 6) is 0.802. The van der Waals surface area contributed by atoms with E-state index in [4.69, 9.17) is 10.5 Å². The number of hydrogen-bond donors (Lipinski definition) is 3. The lowest BCUT2D eigenvalue weighted by molar-refractivity contribution is -0.121. The molecule has 7 nitrogen and oxygen atoms in total. The Morgan fingerprint density at radius 3 is 2.62 bits per heavy atom. The van der Waals surface area contributed by atoms with Gasteiger partial charge in [0, 0.05) is 19.5 Å². The molecule has 0 saturated heterocycles. The first-order valence-electron chi connectivity index (χ1n) is 8.04. The number of carbonyl (C=O) groups excluding carboxylic acids is 2. The number of nitrogens with zero attached hydrogens (tertiary/aromatic N) is 1. The van der Waals surface area contributed by atoms with Gasteiger partial charge in [0.25, 0.3) is 0 Å². The molecule has 0 fully saturated rings. The zero-order valence-corrected chi connectivity index (χ0v) is 14.7. The Labute approximate surface area is 143 Å². The molecule has 0 aliphatic carbocycles. The molecular formula is C17H28N4O3. The van der Waals surface area contributed by atoms with Gasteiger partial charge in [0.05, 0.1) is 13.2 Å². The van der Waals surface area contributed by atoms with E-state index in [-0.39, 0.29) is 11.9 Å². The SMILES string of the molecule is COc1cccc([C@H](CNC(=O)CCCCNC(N)=O)N(C)C)c1. The normalized spacial score (nSPS) is 11.8. The average Bonchev–Trinajstić information content (AvgIpc) is 2.54. The second-order valence-corrected chi connectivity index (χ2v) is 5.81. The van der Waals surface area contributed by atoms with E-state index < -0.39 is 6.03 Å². The molecule has 1 rings (SSSR count). The molecule has 0 bridgehead atoms. The summed E-state index contributed by atoms with van der Waals surface area (Å²) in [5.41, 5.74) is 6.07. The molecule has 0 aliphatic heterocycles. The van der Waals surface area contributed by atoms with Crippen LogP contribution < -0.4 is 21.1 Å². The van der Waals surface area contributed by atoms with Gasteiger partial charge < -0.3 is 26.0 Å². The number of benzene rings is 1. The van der Waals surface area contributed by atoms with Crippen molar-refractivity contribution < 1.29 is 14.3 Å². The van der Waals surface area contributed by atoms with Crippen LogP contribution in [0.3, 0.4) is 0 Å². The summed E-state index contributed by atoms with van der Waals surface area (Å²) in [5, 5.41) is 5.47. The summed E-state index contributed by atoms with van der Waals surface area (Å²) in [6.45, 7) is 1.02. The maximum atomic E-state index is 12.0. The van der Waals surface area contributed by atoms with Crippen LogP contribution in [0.15, 0.2) is 24.3 Å². The number of hydrogen-bond acceptors (Lipinski definition) is 4. The van der Waals surface area contributed by atoms with Crippen molar-refractivity contribution in [3.05, 3.63) is 29.8 Å². The van der Waals surface area contributed by atoms with Crippen molar-refractivity contribution >= 4 is 11.9 Å². The summed E-state index contributed by atoms with van der Waals surface area (Å²) in [6, 6.07) is 7.38. The van der Waals surface area contributed by atoms with Crippen molar-refractivity contribution in [3.63, 3.8) is 0 Å². The number of rotatable bonds is 10. The van der Waals surface area contributed by atoms with E-state index in [1.807, 2.05) is 38.4 Å². The Morgan fingerprint density at radius 2 is 2.00 bits per heavy atom. The van der Waals surface area contributed by atoms with Crippen LogP contribution in [0, 0.1) is 0 Å². The molecule has 1 aromatic carbocycles. The van der Waals surface area contributed by atoms with E-state index in [1.54, 1.807) is 7.11 Å². The first-order valence-corrected chi connectivity index (χ1v) is 8.04. The fraction of sp³-hybridized carbons (Fsp3) is 0.529. The molecule has 24 heavy (non-hydrogen) atoms. The lowest BCUT2D eigenvalue weighted by atomic mass is 10.1. The van der Waals surface area contributed by atoms with E-state index in [0.717, 1.165) is 17.7 Å². The average molecular weight is 336 g/mol. The predicted octanol–water partition coefficient (Wildman–Crippen LogP) is 1.25. The number of amides is 3. The van der Waals surface area contributed by atoms with Crippen LogP contribution >= 0.6 is 0 Å². The molecule has 0 unspecified atom stereocenters. The number of unbranched alkanes of at least 4 members (excludes halogenated alkanes) is 1. The number of urea groups is 1. The minimum Gasteiger partial charge on any atom is -0.497 e. The van der Waals surface area contributed by atoms with Crippen molar-refractivity contribution in [1.82, 2.24) is 15.5 Å². The van der Waals surface area contributed by atoms with Crippen LogP contribution in [0.1, 0.15) is 30.9 Å². The minimum absolute atomic E-state index is 0.00354. The Bertz CT molecular complexity index is 534. The van der Waals surface area contributed by atoms with Crippen molar-refractivity contribution in [2.45, 2.75) is 25.3 Å². The van der Waals surface area contributed by atoms with Gasteiger partial charge in [0.2, 0.25) is 5.91 Å². The third-order valence-electron chi connectivity index (χ3n) is 3.72. The molecule has 3 amide bonds. The largest absolute Gasteiger partial charge is 0.497 e. The fourth-order valence-electron chi connectivity index (χ4n) is 2.37. The number of nitrogens with one attached hydrogen (secondary N) is 2. The molecular weight excluding hydrogens is 308 g/mol. The second-order valence-electron chi connectivity index (χ2n) is 5.81. The first-order chi connectivity index (χ1) is 11.4. The lowest BCUT2D eigenvalue weighted by Gasteiger charge is -2.25. The monoisotopic (exact) mass is 336 g/mol. The van der Waals surface area contributed by atoms with Crippen LogP contribution in [0.2, 0.25) is 0 Å². The third-order valence-corrected chi connectivity index (χ3v) is 3.72. The van der Waals surface area contributed by atoms with Crippen LogP contribution in [0.25, 0.3) is 0 Å². The summed E-state index contributed by atoms with van der Waals surface area (Å²) >= 11 is 0. The highest BCUT2D eigenvalue weighted by atomic mass is 16.5. The van der Waals surface area contributed by atoms with Gasteiger partial charge in [-0.2, -0.15) is 0 Å². The maximum absolute atomic E-state index is 12.0. The quantitative estimate of drug-likeness (QED) is 0.560. The number of nitrogens with two attached hydrogens (primary N) is 1. The van der Waals surface area contributed by atoms with Crippen LogP contribution in [-0.4, -0.2) is 51.1 Å². The summed E-state index contributed by atoms with van der Waals surface area (Å²) in [6.07, 6.45) is 1.86. The van der Waals surface area contributed by atoms with Gasteiger partial charge in [-0.15, -0.1) is 0 Å². The Hall–Kier alpha value is -2.28. The third kappa shape index (κ3) is 7.32. The van der Waals surface area contributed by atoms with Gasteiger partial charge in [-0.05, 0) is 44.6 Å². The van der Waals surface area contributed by atoms with Crippen molar-refractivity contribution in [3.8, 4) is 5.75 Å². The van der Waals surface area contributed by atoms with Gasteiger partial charge in [-0.1, -0.05) is 12.1 Å². The Balaban J connectivity index is 2.43. The molecule has 0 aromatic heterocycles. The molecule has 0 radical (unpaired) electrons. The maximum Gasteiger partial charge on any atom is 0.312 e. The fourth-order valence-corrected chi connectivity index (χ4v) is 2.37. The van der Waals surface area contributed by atoms with Crippen molar-refractivity contribution in [2.75, 3.05) is 34.3 Å². The van der Waals surface area contributed by atoms with Crippen molar-refractivity contribution in [1.29, 1.82) is 0 Å². The van der Waals surface area contributed by atoms with E-state index in [0.29, 0.717) is 25.9 Å². The number of ether oxygens (including phenoxy) is 1. The number of primary amides is 1. The van der Waals surface area contributed by atoms with Gasteiger partial charge in [-0.25, -0.2) is 4.79 Å². The van der Waals surface area contributed by atoms with Crippen LogP contribution in [0.5, 0.6) is 5.75 Å². The molecule has 7 heteroatoms. The smallest absolute Gasteiger partial charge is 0.312 e. The van der Waals surface area contributed by atoms with E-state index in [1.165, 1.54) is 0 Å². The summed E-state index contributed by atoms with van der Waals surface area (Å²) < 4.78 is 5.26. The lowest BCUT2D eigenvalue weighted by Crippen LogP contribution is -2.34. The molecule has 0 saturated carbocycles. The zero-order valence-electron chi connectivity index (χ0n) is 14.7. The molecule has 0 aliphatic rings. The Morgan fingerprint density at radius 1 is 1.25 bits per heavy atom. The van der Waals surface area contributed by atoms with Crippen molar-refractivity contribution in [2.24, 2.45) is 5.73 Å². The number of likely N-dealkylation sites (N-methyl/N-ethyl adjacent to an activating group) is 1. The van der Waals surface area contributed by atoms with Gasteiger partial charge in [0.1, 0.15) is 5.75 Å². The summed E-state index contributed by atoms with van der Waals surface area (Å²) in [7, 11) is 5.59.